The first-order valence-corrected chi connectivity index (χ1v) is 19.1. The van der Waals surface area contributed by atoms with Crippen LogP contribution in [0.3, 0.4) is 0 Å². The second-order valence-electron chi connectivity index (χ2n) is 13.0. The maximum absolute atomic E-state index is 14.2. The monoisotopic (exact) mass is 637 g/mol. The zero-order valence-corrected chi connectivity index (χ0v) is 27.6. The number of nitrogens with one attached hydrogen (secondary N) is 1. The molecule has 2 aromatic carbocycles. The number of carbonyl (C=O) groups excluding carboxylic acids is 1. The highest BCUT2D eigenvalue weighted by Gasteiger charge is 2.26. The van der Waals surface area contributed by atoms with E-state index in [9.17, 15) is 13.6 Å². The zero-order chi connectivity index (χ0) is 31.6. The van der Waals surface area contributed by atoms with E-state index < -0.39 is 37.4 Å². The van der Waals surface area contributed by atoms with Crippen LogP contribution >= 0.6 is 11.3 Å². The largest absolute Gasteiger partial charge is 0.444 e. The van der Waals surface area contributed by atoms with Gasteiger partial charge < -0.3 is 14.8 Å². The van der Waals surface area contributed by atoms with E-state index in [0.717, 1.165) is 33.4 Å². The van der Waals surface area contributed by atoms with Gasteiger partial charge in [-0.2, -0.15) is 5.10 Å². The van der Waals surface area contributed by atoms with Crippen molar-refractivity contribution in [2.75, 3.05) is 6.61 Å². The fraction of sp³-hybridized carbons (Fsp3) is 0.375. The first-order valence-electron chi connectivity index (χ1n) is 14.5. The van der Waals surface area contributed by atoms with Crippen molar-refractivity contribution >= 4 is 46.8 Å². The molecule has 12 heteroatoms. The van der Waals surface area contributed by atoms with E-state index in [1.807, 2.05) is 24.3 Å². The van der Waals surface area contributed by atoms with Crippen molar-refractivity contribution in [1.29, 1.82) is 0 Å². The third-order valence-corrected chi connectivity index (χ3v) is 9.41. The summed E-state index contributed by atoms with van der Waals surface area (Å²) in [6.45, 7) is 13.1. The Morgan fingerprint density at radius 1 is 1.07 bits per heavy atom. The fourth-order valence-electron chi connectivity index (χ4n) is 4.81. The van der Waals surface area contributed by atoms with Crippen LogP contribution in [0.25, 0.3) is 32.4 Å². The van der Waals surface area contributed by atoms with Crippen molar-refractivity contribution in [1.82, 2.24) is 25.1 Å². The Labute approximate surface area is 260 Å². The number of halogens is 2. The standard InChI is InChI=1S/C32H37F2N5O3SSi/c1-32(2,3)42-31(40)38-26(13-20-11-22(33)15-23(34)12-20)30-24(21-7-8-29-25(14-21)35-18-43-29)16-28-27(37-30)17-36-39(28)19-41-9-10-44(4,5)6/h7-8,11-12,14-18,26H,9-10,13,19H2,1-6H3,(H,38,40). The van der Waals surface area contributed by atoms with Crippen molar-refractivity contribution in [3.05, 3.63) is 77.1 Å². The van der Waals surface area contributed by atoms with Crippen LogP contribution in [0.5, 0.6) is 0 Å². The van der Waals surface area contributed by atoms with Crippen molar-refractivity contribution in [2.45, 2.75) is 71.3 Å². The molecule has 0 bridgehead atoms. The molecule has 0 saturated heterocycles. The number of rotatable bonds is 10. The van der Waals surface area contributed by atoms with Crippen molar-refractivity contribution in [2.24, 2.45) is 0 Å². The van der Waals surface area contributed by atoms with Crippen molar-refractivity contribution in [3.63, 3.8) is 0 Å². The number of aromatic nitrogens is 4. The summed E-state index contributed by atoms with van der Waals surface area (Å²) in [4.78, 5) is 22.6. The molecule has 1 unspecified atom stereocenters. The smallest absolute Gasteiger partial charge is 0.408 e. The molecule has 0 aliphatic rings. The van der Waals surface area contributed by atoms with Gasteiger partial charge in [0, 0.05) is 26.3 Å². The summed E-state index contributed by atoms with van der Waals surface area (Å²) in [5, 5.41) is 7.46. The summed E-state index contributed by atoms with van der Waals surface area (Å²) in [5.41, 5.74) is 5.60. The number of pyridine rings is 1. The lowest BCUT2D eigenvalue weighted by atomic mass is 9.95. The highest BCUT2D eigenvalue weighted by molar-refractivity contribution is 7.16. The molecule has 1 atom stereocenters. The number of hydrogen-bond donors (Lipinski definition) is 1. The predicted molar refractivity (Wildman–Crippen MR) is 172 cm³/mol. The van der Waals surface area contributed by atoms with Gasteiger partial charge >= 0.3 is 6.09 Å². The molecule has 0 radical (unpaired) electrons. The van der Waals surface area contributed by atoms with Gasteiger partial charge in [-0.3, -0.25) is 0 Å². The van der Waals surface area contributed by atoms with Crippen LogP contribution in [0.15, 0.2) is 54.2 Å². The first kappa shape index (κ1) is 31.7. The minimum atomic E-state index is -1.25. The Morgan fingerprint density at radius 2 is 1.82 bits per heavy atom. The predicted octanol–water partition coefficient (Wildman–Crippen LogP) is 8.11. The third kappa shape index (κ3) is 8.04. The lowest BCUT2D eigenvalue weighted by Gasteiger charge is -2.25. The van der Waals surface area contributed by atoms with E-state index >= 15 is 0 Å². The molecular formula is C32H37F2N5O3SSi. The van der Waals surface area contributed by atoms with Crippen molar-refractivity contribution in [3.8, 4) is 11.1 Å². The zero-order valence-electron chi connectivity index (χ0n) is 25.8. The lowest BCUT2D eigenvalue weighted by Crippen LogP contribution is -2.36. The highest BCUT2D eigenvalue weighted by Crippen LogP contribution is 2.34. The summed E-state index contributed by atoms with van der Waals surface area (Å²) < 4.78 is 42.8. The summed E-state index contributed by atoms with van der Waals surface area (Å²) in [5.74, 6) is -1.41. The van der Waals surface area contributed by atoms with E-state index in [0.29, 0.717) is 28.9 Å². The van der Waals surface area contributed by atoms with Gasteiger partial charge in [-0.25, -0.2) is 28.2 Å². The molecule has 1 N–H and O–H groups in total. The van der Waals surface area contributed by atoms with E-state index in [2.05, 4.69) is 35.0 Å². The van der Waals surface area contributed by atoms with E-state index in [1.54, 1.807) is 37.2 Å². The molecule has 3 heterocycles. The topological polar surface area (TPSA) is 91.2 Å². The van der Waals surface area contributed by atoms with Gasteiger partial charge in [0.2, 0.25) is 0 Å². The van der Waals surface area contributed by atoms with Crippen LogP contribution in [0, 0.1) is 11.6 Å². The number of amides is 1. The highest BCUT2D eigenvalue weighted by atomic mass is 32.1. The Bertz CT molecular complexity index is 1770. The molecule has 232 valence electrons. The van der Waals surface area contributed by atoms with Gasteiger partial charge in [0.25, 0.3) is 0 Å². The van der Waals surface area contributed by atoms with E-state index in [1.165, 1.54) is 23.5 Å². The van der Waals surface area contributed by atoms with E-state index in [4.69, 9.17) is 14.5 Å². The number of fused-ring (bicyclic) bond motifs is 2. The summed E-state index contributed by atoms with van der Waals surface area (Å²) in [7, 11) is -1.25. The second kappa shape index (κ2) is 12.7. The number of alkyl carbamates (subject to hydrolysis) is 1. The van der Waals surface area contributed by atoms with Crippen LogP contribution in [-0.2, 0) is 22.6 Å². The van der Waals surface area contributed by atoms with Crippen LogP contribution < -0.4 is 5.32 Å². The number of hydrogen-bond acceptors (Lipinski definition) is 7. The Kier molecular flexibility index (Phi) is 9.14. The average Bonchev–Trinajstić information content (AvgIpc) is 3.54. The summed E-state index contributed by atoms with van der Waals surface area (Å²) in [6, 6.07) is 11.5. The number of benzene rings is 2. The molecule has 1 amide bonds. The van der Waals surface area contributed by atoms with Gasteiger partial charge in [0.1, 0.15) is 29.5 Å². The van der Waals surface area contributed by atoms with Gasteiger partial charge in [0.05, 0.1) is 39.2 Å². The molecule has 44 heavy (non-hydrogen) atoms. The van der Waals surface area contributed by atoms with Gasteiger partial charge in [0.15, 0.2) is 0 Å². The summed E-state index contributed by atoms with van der Waals surface area (Å²) >= 11 is 1.54. The van der Waals surface area contributed by atoms with Crippen LogP contribution in [0.4, 0.5) is 13.6 Å². The maximum Gasteiger partial charge on any atom is 0.408 e. The number of ether oxygens (including phenoxy) is 2. The van der Waals surface area contributed by atoms with Gasteiger partial charge in [-0.1, -0.05) is 25.7 Å². The van der Waals surface area contributed by atoms with Gasteiger partial charge in [-0.05, 0) is 74.7 Å². The molecule has 8 nitrogen and oxygen atoms in total. The SMILES string of the molecule is CC(C)(C)OC(=O)NC(Cc1cc(F)cc(F)c1)c1nc2cnn(COCC[Si](C)(C)C)c2cc1-c1ccc2scnc2c1. The number of carbonyl (C=O) groups is 1. The molecule has 0 aliphatic carbocycles. The maximum atomic E-state index is 14.2. The molecular weight excluding hydrogens is 601 g/mol. The minimum Gasteiger partial charge on any atom is -0.444 e. The molecule has 0 aliphatic heterocycles. The first-order chi connectivity index (χ1) is 20.7. The minimum absolute atomic E-state index is 0.0618. The third-order valence-electron chi connectivity index (χ3n) is 6.89. The van der Waals surface area contributed by atoms with Crippen molar-refractivity contribution < 1.29 is 23.0 Å². The molecule has 0 saturated carbocycles. The molecule has 5 rings (SSSR count). The van der Waals surface area contributed by atoms with Crippen LogP contribution in [0.1, 0.15) is 38.1 Å². The Balaban J connectivity index is 1.61. The quantitative estimate of drug-likeness (QED) is 0.123. The second-order valence-corrected chi connectivity index (χ2v) is 19.5. The Hall–Kier alpha value is -3.74. The fourth-order valence-corrected chi connectivity index (χ4v) is 6.22. The number of thiazole rings is 1. The lowest BCUT2D eigenvalue weighted by molar-refractivity contribution is 0.0502. The van der Waals surface area contributed by atoms with Crippen LogP contribution in [-0.4, -0.2) is 46.1 Å². The van der Waals surface area contributed by atoms with E-state index in [-0.39, 0.29) is 13.2 Å². The molecule has 5 aromatic rings. The van der Waals surface area contributed by atoms with Gasteiger partial charge in [-0.15, -0.1) is 11.3 Å². The molecule has 0 spiro atoms. The van der Waals surface area contributed by atoms with Crippen LogP contribution in [0.2, 0.25) is 25.7 Å². The number of nitrogens with zero attached hydrogens (tertiary/aromatic N) is 4. The summed E-state index contributed by atoms with van der Waals surface area (Å²) in [6.07, 6.45) is 1.04. The Morgan fingerprint density at radius 3 is 2.52 bits per heavy atom. The normalized spacial score (nSPS) is 13.0. The molecule has 3 aromatic heterocycles. The molecule has 0 fully saturated rings. The average molecular weight is 638 g/mol.